The summed E-state index contributed by atoms with van der Waals surface area (Å²) in [5.41, 5.74) is 1.27. The Morgan fingerprint density at radius 2 is 1.08 bits per heavy atom. The first-order valence-electron chi connectivity index (χ1n) is 9.61. The Morgan fingerprint density at radius 1 is 0.654 bits per heavy atom. The van der Waals surface area contributed by atoms with Gasteiger partial charge < -0.3 is 27.4 Å². The number of phenols is 1. The van der Waals surface area contributed by atoms with Crippen molar-refractivity contribution in [2.45, 2.75) is 96.8 Å². The summed E-state index contributed by atoms with van der Waals surface area (Å²) in [5, 5.41) is 9.42. The quantitative estimate of drug-likeness (QED) is 0.227. The van der Waals surface area contributed by atoms with Gasteiger partial charge in [-0.1, -0.05) is 96.1 Å². The van der Waals surface area contributed by atoms with Crippen LogP contribution in [0.1, 0.15) is 96.0 Å². The molecule has 1 rings (SSSR count). The van der Waals surface area contributed by atoms with Crippen molar-refractivity contribution in [3.05, 3.63) is 52.1 Å². The molecule has 0 aliphatic heterocycles. The molecule has 151 valence electrons. The maximum atomic E-state index is 9.42. The zero-order chi connectivity index (χ0) is 15.9. The monoisotopic (exact) mass is 439 g/mol. The van der Waals surface area contributed by atoms with E-state index in [9.17, 15) is 5.11 Å². The van der Waals surface area contributed by atoms with E-state index in [1.807, 2.05) is 12.1 Å². The Balaban J connectivity index is -0.000000605. The fraction of sp³-hybridized carbons (Fsp3) is 0.625. The number of benzene rings is 1. The van der Waals surface area contributed by atoms with E-state index in [-0.39, 0.29) is 48.5 Å². The van der Waals surface area contributed by atoms with Gasteiger partial charge in [0.25, 0.3) is 0 Å². The van der Waals surface area contributed by atoms with Crippen LogP contribution in [0, 0.1) is 22.3 Å². The molecule has 1 aromatic carbocycles. The van der Waals surface area contributed by atoms with Gasteiger partial charge in [-0.15, -0.1) is 0 Å². The van der Waals surface area contributed by atoms with Gasteiger partial charge in [0, 0.05) is 0 Å². The summed E-state index contributed by atoms with van der Waals surface area (Å²) in [6, 6.07) is 7.68. The number of aryl methyl sites for hydroxylation is 1. The third-order valence-corrected chi connectivity index (χ3v) is 4.48. The predicted molar refractivity (Wildman–Crippen MR) is 117 cm³/mol. The SMILES string of the molecule is CCCCCCCCCCCCCCCc1cccc(O)c1.[CH3-].[CH3-].[CH3-].[Zr+3]. The summed E-state index contributed by atoms with van der Waals surface area (Å²) >= 11 is 0. The molecule has 0 heterocycles. The molecule has 0 amide bonds. The van der Waals surface area contributed by atoms with Crippen LogP contribution >= 0.6 is 0 Å². The van der Waals surface area contributed by atoms with Gasteiger partial charge in [0.05, 0.1) is 0 Å². The van der Waals surface area contributed by atoms with Gasteiger partial charge in [0.1, 0.15) is 5.75 Å². The fourth-order valence-electron chi connectivity index (χ4n) is 3.06. The summed E-state index contributed by atoms with van der Waals surface area (Å²) in [6.45, 7) is 2.28. The third kappa shape index (κ3) is 20.2. The predicted octanol–water partition coefficient (Wildman–Crippen LogP) is 8.37. The van der Waals surface area contributed by atoms with Crippen LogP contribution in [-0.4, -0.2) is 5.11 Å². The minimum Gasteiger partial charge on any atom is -0.508 e. The molecule has 1 N–H and O–H groups in total. The zero-order valence-corrected chi connectivity index (χ0v) is 20.6. The number of rotatable bonds is 14. The topological polar surface area (TPSA) is 20.2 Å². The van der Waals surface area contributed by atoms with Crippen LogP contribution < -0.4 is 0 Å². The molecule has 26 heavy (non-hydrogen) atoms. The summed E-state index contributed by atoms with van der Waals surface area (Å²) in [4.78, 5) is 0. The molecule has 0 saturated heterocycles. The third-order valence-electron chi connectivity index (χ3n) is 4.48. The van der Waals surface area contributed by atoms with E-state index >= 15 is 0 Å². The number of aromatic hydroxyl groups is 1. The Bertz CT molecular complexity index is 365. The Morgan fingerprint density at radius 3 is 1.50 bits per heavy atom. The van der Waals surface area contributed by atoms with Crippen molar-refractivity contribution in [1.82, 2.24) is 0 Å². The van der Waals surface area contributed by atoms with Gasteiger partial charge in [-0.2, -0.15) is 0 Å². The average molecular weight is 441 g/mol. The molecule has 1 nitrogen and oxygen atoms in total. The van der Waals surface area contributed by atoms with Crippen molar-refractivity contribution in [2.24, 2.45) is 0 Å². The second kappa shape index (κ2) is 24.9. The van der Waals surface area contributed by atoms with E-state index in [0.29, 0.717) is 5.75 Å². The molecule has 2 heteroatoms. The van der Waals surface area contributed by atoms with E-state index in [4.69, 9.17) is 0 Å². The minimum atomic E-state index is 0. The largest absolute Gasteiger partial charge is 3.00 e. The summed E-state index contributed by atoms with van der Waals surface area (Å²) < 4.78 is 0. The zero-order valence-electron chi connectivity index (χ0n) is 18.2. The van der Waals surface area contributed by atoms with Gasteiger partial charge in [-0.25, -0.2) is 0 Å². The maximum Gasteiger partial charge on any atom is 3.00 e. The van der Waals surface area contributed by atoms with Gasteiger partial charge in [0.15, 0.2) is 0 Å². The van der Waals surface area contributed by atoms with Crippen molar-refractivity contribution < 1.29 is 31.3 Å². The minimum absolute atomic E-state index is 0. The molecule has 0 unspecified atom stereocenters. The second-order valence-corrected chi connectivity index (χ2v) is 6.66. The molecule has 0 atom stereocenters. The molecule has 0 saturated carbocycles. The molecule has 0 bridgehead atoms. The normalized spacial score (nSPS) is 9.27. The van der Waals surface area contributed by atoms with Crippen molar-refractivity contribution in [3.8, 4) is 5.75 Å². The van der Waals surface area contributed by atoms with Crippen LogP contribution in [0.25, 0.3) is 0 Å². The first-order chi connectivity index (χ1) is 10.8. The molecular weight excluding hydrogens is 395 g/mol. The maximum absolute atomic E-state index is 9.42. The summed E-state index contributed by atoms with van der Waals surface area (Å²) in [5.74, 6) is 0.396. The van der Waals surface area contributed by atoms with Crippen LogP contribution in [0.15, 0.2) is 24.3 Å². The van der Waals surface area contributed by atoms with Crippen LogP contribution in [0.3, 0.4) is 0 Å². The molecule has 0 spiro atoms. The molecule has 0 aliphatic rings. The number of unbranched alkanes of at least 4 members (excludes halogenated alkanes) is 12. The fourth-order valence-corrected chi connectivity index (χ4v) is 3.06. The van der Waals surface area contributed by atoms with Gasteiger partial charge >= 0.3 is 26.2 Å². The van der Waals surface area contributed by atoms with E-state index in [1.54, 1.807) is 6.07 Å². The van der Waals surface area contributed by atoms with Crippen molar-refractivity contribution in [2.75, 3.05) is 0 Å². The van der Waals surface area contributed by atoms with Gasteiger partial charge in [0.2, 0.25) is 0 Å². The van der Waals surface area contributed by atoms with Gasteiger partial charge in [-0.3, -0.25) is 0 Å². The second-order valence-electron chi connectivity index (χ2n) is 6.66. The van der Waals surface area contributed by atoms with Crippen molar-refractivity contribution in [3.63, 3.8) is 0 Å². The van der Waals surface area contributed by atoms with E-state index < -0.39 is 0 Å². The van der Waals surface area contributed by atoms with Crippen LogP contribution in [0.2, 0.25) is 0 Å². The summed E-state index contributed by atoms with van der Waals surface area (Å²) in [7, 11) is 0. The number of hydrogen-bond donors (Lipinski definition) is 1. The molecule has 0 aliphatic carbocycles. The smallest absolute Gasteiger partial charge is 0.508 e. The van der Waals surface area contributed by atoms with E-state index in [0.717, 1.165) is 6.42 Å². The van der Waals surface area contributed by atoms with Gasteiger partial charge in [-0.05, 0) is 30.5 Å². The van der Waals surface area contributed by atoms with E-state index in [2.05, 4.69) is 13.0 Å². The first-order valence-corrected chi connectivity index (χ1v) is 9.61. The Hall–Kier alpha value is -0.0969. The van der Waals surface area contributed by atoms with Crippen molar-refractivity contribution >= 4 is 0 Å². The van der Waals surface area contributed by atoms with Crippen molar-refractivity contribution in [1.29, 1.82) is 0 Å². The molecule has 1 radical (unpaired) electrons. The molecular formula is C24H45OZr. The number of phenolic OH excluding ortho intramolecular Hbond substituents is 1. The first kappa shape index (κ1) is 33.5. The number of hydrogen-bond acceptors (Lipinski definition) is 1. The average Bonchev–Trinajstić information content (AvgIpc) is 2.52. The summed E-state index contributed by atoms with van der Waals surface area (Å²) in [6.07, 6.45) is 19.3. The standard InChI is InChI=1S/C21H36O.3CH3.Zr/c1-2-3-4-5-6-7-8-9-10-11-12-13-14-16-20-17-15-18-21(22)19-20;;;;/h15,17-19,22H,2-14,16H2,1H3;3*1H3;/q;3*-1;+3. The van der Waals surface area contributed by atoms with Crippen LogP contribution in [0.4, 0.5) is 0 Å². The van der Waals surface area contributed by atoms with Crippen LogP contribution in [-0.2, 0) is 32.6 Å². The van der Waals surface area contributed by atoms with Crippen LogP contribution in [0.5, 0.6) is 5.75 Å². The Labute approximate surface area is 185 Å². The molecule has 1 aromatic rings. The molecule has 0 aromatic heterocycles. The Kier molecular flexibility index (Phi) is 32.1. The van der Waals surface area contributed by atoms with E-state index in [1.165, 1.54) is 89.0 Å². The molecule has 0 fully saturated rings.